The van der Waals surface area contributed by atoms with Gasteiger partial charge in [0.2, 0.25) is 0 Å². The monoisotopic (exact) mass is 189 g/mol. The van der Waals surface area contributed by atoms with Crippen LogP contribution in [-0.2, 0) is 14.3 Å². The van der Waals surface area contributed by atoms with Crippen LogP contribution in [0.15, 0.2) is 0 Å². The van der Waals surface area contributed by atoms with E-state index in [-0.39, 0.29) is 5.97 Å². The first-order valence-corrected chi connectivity index (χ1v) is 4.74. The van der Waals surface area contributed by atoms with Crippen LogP contribution in [0.2, 0.25) is 0 Å². The molecular formula is C9H19NO3. The fourth-order valence-corrected chi connectivity index (χ4v) is 0.897. The standard InChI is InChI=1S/C9H19NO3/c1-3-8(9(11)12-4-2)13-7-5-6-10/h8H,3-7,10H2,1-2H3. The van der Waals surface area contributed by atoms with Gasteiger partial charge in [0.05, 0.1) is 6.61 Å². The SMILES string of the molecule is CCOC(=O)C(CC)OCCCN. The highest BCUT2D eigenvalue weighted by molar-refractivity contribution is 5.74. The van der Waals surface area contributed by atoms with Crippen LogP contribution in [0, 0.1) is 0 Å². The summed E-state index contributed by atoms with van der Waals surface area (Å²) in [6, 6.07) is 0. The molecule has 0 aliphatic heterocycles. The highest BCUT2D eigenvalue weighted by Crippen LogP contribution is 2.01. The van der Waals surface area contributed by atoms with Gasteiger partial charge < -0.3 is 15.2 Å². The molecule has 78 valence electrons. The van der Waals surface area contributed by atoms with Crippen LogP contribution in [0.5, 0.6) is 0 Å². The Labute approximate surface area is 79.4 Å². The molecule has 0 radical (unpaired) electrons. The van der Waals surface area contributed by atoms with Crippen molar-refractivity contribution in [3.05, 3.63) is 0 Å². The summed E-state index contributed by atoms with van der Waals surface area (Å²) in [4.78, 5) is 11.2. The molecule has 0 saturated heterocycles. The van der Waals surface area contributed by atoms with Gasteiger partial charge in [-0.05, 0) is 26.3 Å². The molecule has 1 atom stereocenters. The maximum absolute atomic E-state index is 11.2. The molecule has 0 amide bonds. The van der Waals surface area contributed by atoms with Crippen molar-refractivity contribution in [3.8, 4) is 0 Å². The molecule has 4 heteroatoms. The van der Waals surface area contributed by atoms with Crippen molar-refractivity contribution in [1.82, 2.24) is 0 Å². The van der Waals surface area contributed by atoms with E-state index in [0.29, 0.717) is 26.2 Å². The van der Waals surface area contributed by atoms with E-state index in [1.165, 1.54) is 0 Å². The summed E-state index contributed by atoms with van der Waals surface area (Å²) in [5.41, 5.74) is 5.29. The first kappa shape index (κ1) is 12.4. The van der Waals surface area contributed by atoms with Crippen molar-refractivity contribution in [2.24, 2.45) is 5.73 Å². The van der Waals surface area contributed by atoms with E-state index in [1.54, 1.807) is 6.92 Å². The number of carbonyl (C=O) groups excluding carboxylic acids is 1. The van der Waals surface area contributed by atoms with Crippen molar-refractivity contribution >= 4 is 5.97 Å². The number of hydrogen-bond donors (Lipinski definition) is 1. The number of hydrogen-bond acceptors (Lipinski definition) is 4. The van der Waals surface area contributed by atoms with Crippen LogP contribution in [0.25, 0.3) is 0 Å². The summed E-state index contributed by atoms with van der Waals surface area (Å²) in [5.74, 6) is -0.276. The largest absolute Gasteiger partial charge is 0.464 e. The first-order chi connectivity index (χ1) is 6.26. The quantitative estimate of drug-likeness (QED) is 0.473. The Balaban J connectivity index is 3.67. The van der Waals surface area contributed by atoms with Crippen LogP contribution in [0.4, 0.5) is 0 Å². The number of nitrogens with two attached hydrogens (primary N) is 1. The average molecular weight is 189 g/mol. The number of rotatable bonds is 7. The van der Waals surface area contributed by atoms with Crippen molar-refractivity contribution < 1.29 is 14.3 Å². The molecule has 0 fully saturated rings. The van der Waals surface area contributed by atoms with E-state index in [0.717, 1.165) is 6.42 Å². The van der Waals surface area contributed by atoms with Gasteiger partial charge in [-0.15, -0.1) is 0 Å². The normalized spacial score (nSPS) is 12.5. The third-order valence-electron chi connectivity index (χ3n) is 1.59. The van der Waals surface area contributed by atoms with Crippen molar-refractivity contribution in [3.63, 3.8) is 0 Å². The number of ether oxygens (including phenoxy) is 2. The van der Waals surface area contributed by atoms with Crippen LogP contribution in [0.1, 0.15) is 26.7 Å². The van der Waals surface area contributed by atoms with Crippen LogP contribution in [0.3, 0.4) is 0 Å². The van der Waals surface area contributed by atoms with Gasteiger partial charge in [-0.2, -0.15) is 0 Å². The minimum absolute atomic E-state index is 0.276. The third kappa shape index (κ3) is 5.60. The Hall–Kier alpha value is -0.610. The van der Waals surface area contributed by atoms with Gasteiger partial charge in [0, 0.05) is 6.61 Å². The molecule has 0 bridgehead atoms. The van der Waals surface area contributed by atoms with Crippen molar-refractivity contribution in [2.45, 2.75) is 32.8 Å². The Morgan fingerprint density at radius 2 is 2.15 bits per heavy atom. The summed E-state index contributed by atoms with van der Waals surface area (Å²) in [7, 11) is 0. The molecule has 0 heterocycles. The van der Waals surface area contributed by atoms with E-state index in [9.17, 15) is 4.79 Å². The summed E-state index contributed by atoms with van der Waals surface area (Å²) in [5, 5.41) is 0. The fourth-order valence-electron chi connectivity index (χ4n) is 0.897. The predicted molar refractivity (Wildman–Crippen MR) is 50.3 cm³/mol. The van der Waals surface area contributed by atoms with Crippen molar-refractivity contribution in [1.29, 1.82) is 0 Å². The topological polar surface area (TPSA) is 61.5 Å². The van der Waals surface area contributed by atoms with E-state index in [2.05, 4.69) is 0 Å². The lowest BCUT2D eigenvalue weighted by atomic mass is 10.3. The molecule has 0 aliphatic carbocycles. The Morgan fingerprint density at radius 3 is 2.62 bits per heavy atom. The molecule has 0 aliphatic rings. The van der Waals surface area contributed by atoms with Crippen LogP contribution in [-0.4, -0.2) is 31.8 Å². The second kappa shape index (κ2) is 8.01. The molecule has 0 saturated carbocycles. The van der Waals surface area contributed by atoms with Crippen LogP contribution >= 0.6 is 0 Å². The van der Waals surface area contributed by atoms with Gasteiger partial charge in [0.15, 0.2) is 6.10 Å². The van der Waals surface area contributed by atoms with Crippen LogP contribution < -0.4 is 5.73 Å². The second-order valence-electron chi connectivity index (χ2n) is 2.66. The highest BCUT2D eigenvalue weighted by atomic mass is 16.6. The maximum Gasteiger partial charge on any atom is 0.335 e. The molecule has 0 aromatic carbocycles. The highest BCUT2D eigenvalue weighted by Gasteiger charge is 2.17. The Morgan fingerprint density at radius 1 is 1.46 bits per heavy atom. The number of esters is 1. The van der Waals surface area contributed by atoms with E-state index in [1.807, 2.05) is 6.92 Å². The molecule has 0 aromatic heterocycles. The van der Waals surface area contributed by atoms with Gasteiger partial charge in [-0.3, -0.25) is 0 Å². The van der Waals surface area contributed by atoms with Gasteiger partial charge in [0.25, 0.3) is 0 Å². The van der Waals surface area contributed by atoms with Crippen molar-refractivity contribution in [2.75, 3.05) is 19.8 Å². The van der Waals surface area contributed by atoms with Gasteiger partial charge in [-0.1, -0.05) is 6.92 Å². The zero-order valence-corrected chi connectivity index (χ0v) is 8.41. The lowest BCUT2D eigenvalue weighted by molar-refractivity contribution is -0.156. The lowest BCUT2D eigenvalue weighted by Crippen LogP contribution is -2.26. The maximum atomic E-state index is 11.2. The minimum atomic E-state index is -0.425. The fraction of sp³-hybridized carbons (Fsp3) is 0.889. The molecule has 0 aromatic rings. The van der Waals surface area contributed by atoms with E-state index in [4.69, 9.17) is 15.2 Å². The summed E-state index contributed by atoms with van der Waals surface area (Å²) in [6.07, 6.45) is 0.991. The molecule has 13 heavy (non-hydrogen) atoms. The summed E-state index contributed by atoms with van der Waals surface area (Å²) in [6.45, 7) is 5.18. The predicted octanol–water partition coefficient (Wildman–Crippen LogP) is 0.694. The number of carbonyl (C=O) groups is 1. The zero-order chi connectivity index (χ0) is 10.1. The molecule has 0 spiro atoms. The second-order valence-corrected chi connectivity index (χ2v) is 2.66. The average Bonchev–Trinajstić information content (AvgIpc) is 2.13. The smallest absolute Gasteiger partial charge is 0.335 e. The first-order valence-electron chi connectivity index (χ1n) is 4.74. The molecular weight excluding hydrogens is 170 g/mol. The van der Waals surface area contributed by atoms with E-state index >= 15 is 0 Å². The van der Waals surface area contributed by atoms with Gasteiger partial charge in [-0.25, -0.2) is 4.79 Å². The third-order valence-corrected chi connectivity index (χ3v) is 1.59. The lowest BCUT2D eigenvalue weighted by Gasteiger charge is -2.13. The Bertz CT molecular complexity index is 139. The van der Waals surface area contributed by atoms with E-state index < -0.39 is 6.10 Å². The molecule has 4 nitrogen and oxygen atoms in total. The molecule has 0 rings (SSSR count). The Kier molecular flexibility index (Phi) is 7.63. The summed E-state index contributed by atoms with van der Waals surface area (Å²) < 4.78 is 10.1. The minimum Gasteiger partial charge on any atom is -0.464 e. The molecule has 1 unspecified atom stereocenters. The molecule has 2 N–H and O–H groups in total. The van der Waals surface area contributed by atoms with Gasteiger partial charge >= 0.3 is 5.97 Å². The zero-order valence-electron chi connectivity index (χ0n) is 8.41. The van der Waals surface area contributed by atoms with Gasteiger partial charge in [0.1, 0.15) is 0 Å². The summed E-state index contributed by atoms with van der Waals surface area (Å²) >= 11 is 0.